The predicted octanol–water partition coefficient (Wildman–Crippen LogP) is -1.35. The SMILES string of the molecule is C=C(CC(=O)N1CC[NH2+]CC1)C(C)(C#N)N=NC(C)CCC(=O)N1CC[NH2+]CC1. The van der Waals surface area contributed by atoms with Gasteiger partial charge in [0.1, 0.15) is 0 Å². The summed E-state index contributed by atoms with van der Waals surface area (Å²) in [6.07, 6.45) is 1.11. The van der Waals surface area contributed by atoms with Crippen LogP contribution < -0.4 is 10.6 Å². The van der Waals surface area contributed by atoms with Crippen molar-refractivity contribution in [3.8, 4) is 6.07 Å². The van der Waals surface area contributed by atoms with Gasteiger partial charge in [0, 0.05) is 6.42 Å². The molecule has 0 aromatic carbocycles. The molecule has 0 spiro atoms. The quantitative estimate of drug-likeness (QED) is 0.383. The van der Waals surface area contributed by atoms with Crippen LogP contribution in [0.25, 0.3) is 0 Å². The molecule has 2 saturated heterocycles. The first-order valence-electron chi connectivity index (χ1n) is 10.6. The van der Waals surface area contributed by atoms with Crippen molar-refractivity contribution < 1.29 is 20.2 Å². The highest BCUT2D eigenvalue weighted by atomic mass is 16.2. The first-order chi connectivity index (χ1) is 13.9. The number of nitrogens with two attached hydrogens (primary N) is 2. The van der Waals surface area contributed by atoms with Crippen LogP contribution in [0.5, 0.6) is 0 Å². The van der Waals surface area contributed by atoms with Gasteiger partial charge in [0.15, 0.2) is 5.54 Å². The van der Waals surface area contributed by atoms with Crippen molar-refractivity contribution in [3.05, 3.63) is 12.2 Å². The Labute approximate surface area is 173 Å². The molecule has 2 amide bonds. The predicted molar refractivity (Wildman–Crippen MR) is 108 cm³/mol. The summed E-state index contributed by atoms with van der Waals surface area (Å²) in [5.41, 5.74) is -0.783. The molecule has 2 aliphatic rings. The lowest BCUT2D eigenvalue weighted by molar-refractivity contribution is -0.662. The molecular weight excluding hydrogens is 370 g/mol. The minimum absolute atomic E-state index is 0.0165. The molecule has 160 valence electrons. The molecule has 2 heterocycles. The number of amides is 2. The van der Waals surface area contributed by atoms with Gasteiger partial charge in [-0.3, -0.25) is 9.59 Å². The highest BCUT2D eigenvalue weighted by molar-refractivity contribution is 5.79. The van der Waals surface area contributed by atoms with Gasteiger partial charge in [-0.05, 0) is 25.8 Å². The van der Waals surface area contributed by atoms with Crippen molar-refractivity contribution >= 4 is 11.8 Å². The van der Waals surface area contributed by atoms with Crippen molar-refractivity contribution in [1.82, 2.24) is 9.80 Å². The second-order valence-corrected chi connectivity index (χ2v) is 8.06. The number of carbonyl (C=O) groups excluding carboxylic acids is 2. The van der Waals surface area contributed by atoms with Gasteiger partial charge in [-0.1, -0.05) is 6.58 Å². The largest absolute Gasteiger partial charge is 0.343 e. The Balaban J connectivity index is 1.84. The fourth-order valence-electron chi connectivity index (χ4n) is 3.40. The summed E-state index contributed by atoms with van der Waals surface area (Å²) in [6.45, 7) is 14.2. The summed E-state index contributed by atoms with van der Waals surface area (Å²) < 4.78 is 0. The average Bonchev–Trinajstić information content (AvgIpc) is 2.76. The monoisotopic (exact) mass is 405 g/mol. The van der Waals surface area contributed by atoms with Crippen LogP contribution in [0.2, 0.25) is 0 Å². The molecule has 9 heteroatoms. The fourth-order valence-corrected chi connectivity index (χ4v) is 3.40. The lowest BCUT2D eigenvalue weighted by Crippen LogP contribution is -2.89. The second kappa shape index (κ2) is 11.0. The number of nitriles is 1. The molecule has 2 atom stereocenters. The Hall–Kier alpha value is -2.31. The van der Waals surface area contributed by atoms with Crippen molar-refractivity contribution in [3.63, 3.8) is 0 Å². The van der Waals surface area contributed by atoms with Crippen LogP contribution in [-0.4, -0.2) is 85.6 Å². The third kappa shape index (κ3) is 6.91. The maximum absolute atomic E-state index is 12.5. The van der Waals surface area contributed by atoms with Crippen molar-refractivity contribution in [2.75, 3.05) is 52.4 Å². The summed E-state index contributed by atoms with van der Waals surface area (Å²) in [7, 11) is 0. The van der Waals surface area contributed by atoms with Crippen molar-refractivity contribution in [2.45, 2.75) is 44.7 Å². The third-order valence-corrected chi connectivity index (χ3v) is 5.62. The van der Waals surface area contributed by atoms with Crippen LogP contribution in [0.15, 0.2) is 22.4 Å². The number of nitrogens with zero attached hydrogens (tertiary/aromatic N) is 5. The van der Waals surface area contributed by atoms with E-state index in [0.717, 1.165) is 52.4 Å². The van der Waals surface area contributed by atoms with E-state index in [1.807, 2.05) is 16.7 Å². The molecule has 29 heavy (non-hydrogen) atoms. The van der Waals surface area contributed by atoms with E-state index in [-0.39, 0.29) is 24.3 Å². The number of carbonyl (C=O) groups is 2. The van der Waals surface area contributed by atoms with E-state index in [1.54, 1.807) is 6.92 Å². The Morgan fingerprint density at radius 2 is 1.62 bits per heavy atom. The van der Waals surface area contributed by atoms with Crippen LogP contribution in [0.3, 0.4) is 0 Å². The first kappa shape index (κ1) is 23.0. The van der Waals surface area contributed by atoms with Crippen LogP contribution in [0.4, 0.5) is 0 Å². The minimum atomic E-state index is -1.24. The lowest BCUT2D eigenvalue weighted by atomic mass is 9.92. The number of hydrogen-bond donors (Lipinski definition) is 2. The van der Waals surface area contributed by atoms with E-state index in [2.05, 4.69) is 33.5 Å². The van der Waals surface area contributed by atoms with E-state index in [0.29, 0.717) is 18.4 Å². The average molecular weight is 406 g/mol. The number of piperazine rings is 2. The van der Waals surface area contributed by atoms with Crippen LogP contribution in [-0.2, 0) is 9.59 Å². The van der Waals surface area contributed by atoms with E-state index < -0.39 is 5.54 Å². The first-order valence-corrected chi connectivity index (χ1v) is 10.6. The summed E-state index contributed by atoms with van der Waals surface area (Å²) >= 11 is 0. The zero-order chi connectivity index (χ0) is 21.3. The summed E-state index contributed by atoms with van der Waals surface area (Å²) in [5.74, 6) is 0.133. The summed E-state index contributed by atoms with van der Waals surface area (Å²) in [6, 6.07) is 1.97. The number of hydrogen-bond acceptors (Lipinski definition) is 5. The molecule has 0 saturated carbocycles. The topological polar surface area (TPSA) is 122 Å². The molecule has 0 aliphatic carbocycles. The Kier molecular flexibility index (Phi) is 8.73. The maximum Gasteiger partial charge on any atom is 0.227 e. The van der Waals surface area contributed by atoms with E-state index in [9.17, 15) is 14.9 Å². The van der Waals surface area contributed by atoms with Gasteiger partial charge in [0.2, 0.25) is 11.8 Å². The molecule has 9 nitrogen and oxygen atoms in total. The highest BCUT2D eigenvalue weighted by Gasteiger charge is 2.31. The van der Waals surface area contributed by atoms with Gasteiger partial charge in [0.25, 0.3) is 0 Å². The smallest absolute Gasteiger partial charge is 0.227 e. The number of rotatable bonds is 8. The van der Waals surface area contributed by atoms with Gasteiger partial charge in [-0.25, -0.2) is 0 Å². The molecule has 2 rings (SSSR count). The van der Waals surface area contributed by atoms with Crippen LogP contribution in [0.1, 0.15) is 33.1 Å². The standard InChI is InChI=1S/C20H33N7O2/c1-16(14-19(29)27-12-8-23-9-13-27)20(3,15-21)25-24-17(2)4-5-18(28)26-10-6-22-7-11-26/h17,22-23H,1,4-14H2,2-3H3/p+2. The highest BCUT2D eigenvalue weighted by Crippen LogP contribution is 2.24. The Bertz CT molecular complexity index is 660. The van der Waals surface area contributed by atoms with Gasteiger partial charge < -0.3 is 20.4 Å². The zero-order valence-corrected chi connectivity index (χ0v) is 17.8. The fraction of sp³-hybridized carbons (Fsp3) is 0.750. The molecule has 0 bridgehead atoms. The molecule has 2 unspecified atom stereocenters. The zero-order valence-electron chi connectivity index (χ0n) is 17.8. The molecular formula is C20H35N7O2+2. The normalized spacial score (nSPS) is 20.7. The number of quaternary nitrogens is 2. The van der Waals surface area contributed by atoms with E-state index in [4.69, 9.17) is 0 Å². The van der Waals surface area contributed by atoms with Gasteiger partial charge >= 0.3 is 0 Å². The number of azo groups is 1. The van der Waals surface area contributed by atoms with Gasteiger partial charge in [-0.15, -0.1) is 0 Å². The lowest BCUT2D eigenvalue weighted by Gasteiger charge is -2.27. The molecule has 0 aromatic heterocycles. The third-order valence-electron chi connectivity index (χ3n) is 5.62. The van der Waals surface area contributed by atoms with E-state index in [1.165, 1.54) is 0 Å². The van der Waals surface area contributed by atoms with Gasteiger partial charge in [-0.2, -0.15) is 15.5 Å². The van der Waals surface area contributed by atoms with Crippen LogP contribution >= 0.6 is 0 Å². The Morgan fingerprint density at radius 3 is 2.14 bits per heavy atom. The molecule has 0 aromatic rings. The van der Waals surface area contributed by atoms with Gasteiger partial charge in [0.05, 0.1) is 70.9 Å². The van der Waals surface area contributed by atoms with Crippen molar-refractivity contribution in [2.24, 2.45) is 10.2 Å². The maximum atomic E-state index is 12.5. The molecule has 2 fully saturated rings. The van der Waals surface area contributed by atoms with Crippen LogP contribution in [0, 0.1) is 11.3 Å². The summed E-state index contributed by atoms with van der Waals surface area (Å²) in [5, 5.41) is 22.5. The minimum Gasteiger partial charge on any atom is -0.343 e. The molecule has 0 radical (unpaired) electrons. The Morgan fingerprint density at radius 1 is 1.10 bits per heavy atom. The van der Waals surface area contributed by atoms with Crippen molar-refractivity contribution in [1.29, 1.82) is 5.26 Å². The molecule has 4 N–H and O–H groups in total. The van der Waals surface area contributed by atoms with E-state index >= 15 is 0 Å². The molecule has 2 aliphatic heterocycles. The second-order valence-electron chi connectivity index (χ2n) is 8.06. The summed E-state index contributed by atoms with van der Waals surface area (Å²) in [4.78, 5) is 28.4.